The van der Waals surface area contributed by atoms with Crippen LogP contribution in [0.15, 0.2) is 23.2 Å². The number of benzene rings is 1. The van der Waals surface area contributed by atoms with Gasteiger partial charge in [0.1, 0.15) is 0 Å². The van der Waals surface area contributed by atoms with E-state index < -0.39 is 12.1 Å². The monoisotopic (exact) mass is 453 g/mol. The average molecular weight is 454 g/mol. The highest BCUT2D eigenvalue weighted by Crippen LogP contribution is 2.25. The van der Waals surface area contributed by atoms with Crippen LogP contribution in [0.3, 0.4) is 0 Å². The predicted octanol–water partition coefficient (Wildman–Crippen LogP) is 2.10. The van der Waals surface area contributed by atoms with Crippen molar-refractivity contribution in [3.05, 3.63) is 33.8 Å². The van der Waals surface area contributed by atoms with Gasteiger partial charge in [-0.05, 0) is 30.8 Å². The number of likely N-dealkylation sites (N-methyl/N-ethyl adjacent to an activating group) is 3. The third-order valence-corrected chi connectivity index (χ3v) is 6.21. The number of amidine groups is 1. The first-order chi connectivity index (χ1) is 14.3. The maximum atomic E-state index is 13.0. The Bertz CT molecular complexity index is 913. The third-order valence-electron chi connectivity index (χ3n) is 5.47. The number of hydrogen-bond donors (Lipinski definition) is 1. The van der Waals surface area contributed by atoms with Gasteiger partial charge >= 0.3 is 12.0 Å². The van der Waals surface area contributed by atoms with Crippen LogP contribution in [0.4, 0.5) is 4.79 Å². The Hall–Kier alpha value is -2.16. The van der Waals surface area contributed by atoms with Crippen LogP contribution in [0.5, 0.6) is 0 Å². The highest BCUT2D eigenvalue weighted by molar-refractivity contribution is 6.42. The second kappa shape index (κ2) is 9.32. The number of nitrogens with zero attached hydrogens (tertiary/aromatic N) is 5. The molecular formula is C20H27Cl2N6O2+. The molecule has 10 heteroatoms. The molecule has 1 unspecified atom stereocenters. The second-order valence-electron chi connectivity index (χ2n) is 7.27. The molecule has 3 rings (SSSR count). The minimum Gasteiger partial charge on any atom is -0.301 e. The van der Waals surface area contributed by atoms with E-state index in [9.17, 15) is 9.59 Å². The fourth-order valence-electron chi connectivity index (χ4n) is 3.61. The Balaban J connectivity index is 1.92. The molecule has 2 aliphatic rings. The molecule has 1 aromatic carbocycles. The molecule has 1 aromatic rings. The lowest BCUT2D eigenvalue weighted by Crippen LogP contribution is -2.61. The number of hydrogen-bond acceptors (Lipinski definition) is 5. The Labute approximate surface area is 186 Å². The van der Waals surface area contributed by atoms with Crippen LogP contribution in [0.1, 0.15) is 19.4 Å². The lowest BCUT2D eigenvalue weighted by molar-refractivity contribution is -0.553. The number of carbonyl (C=O) groups is 2. The van der Waals surface area contributed by atoms with Gasteiger partial charge < -0.3 is 4.90 Å². The van der Waals surface area contributed by atoms with Crippen LogP contribution < -0.4 is 5.32 Å². The molecule has 30 heavy (non-hydrogen) atoms. The van der Waals surface area contributed by atoms with Crippen molar-refractivity contribution in [1.29, 1.82) is 0 Å². The number of imide groups is 1. The maximum absolute atomic E-state index is 13.0. The molecule has 0 bridgehead atoms. The highest BCUT2D eigenvalue weighted by Gasteiger charge is 2.51. The normalized spacial score (nSPS) is 19.0. The van der Waals surface area contributed by atoms with Crippen LogP contribution in [-0.4, -0.2) is 89.3 Å². The van der Waals surface area contributed by atoms with Gasteiger partial charge in [0, 0.05) is 20.6 Å². The number of guanidine groups is 1. The Kier molecular flexibility index (Phi) is 7.00. The first-order valence-electron chi connectivity index (χ1n) is 9.96. The number of rotatable bonds is 7. The van der Waals surface area contributed by atoms with Gasteiger partial charge in [0.2, 0.25) is 11.9 Å². The second-order valence-corrected chi connectivity index (χ2v) is 8.08. The van der Waals surface area contributed by atoms with Crippen LogP contribution in [0, 0.1) is 0 Å². The number of halogens is 2. The molecular weight excluding hydrogens is 427 g/mol. The largest absolute Gasteiger partial charge is 0.390 e. The molecule has 2 aliphatic heterocycles. The van der Waals surface area contributed by atoms with E-state index in [1.165, 1.54) is 11.9 Å². The summed E-state index contributed by atoms with van der Waals surface area (Å²) < 4.78 is 1.87. The third kappa shape index (κ3) is 4.31. The predicted molar refractivity (Wildman–Crippen MR) is 118 cm³/mol. The fourth-order valence-corrected chi connectivity index (χ4v) is 3.93. The van der Waals surface area contributed by atoms with Gasteiger partial charge in [-0.25, -0.2) is 9.37 Å². The smallest absolute Gasteiger partial charge is 0.301 e. The first-order valence-corrected chi connectivity index (χ1v) is 10.7. The molecule has 0 spiro atoms. The molecule has 3 amide bonds. The van der Waals surface area contributed by atoms with Crippen molar-refractivity contribution in [2.45, 2.75) is 26.4 Å². The Morgan fingerprint density at radius 2 is 1.83 bits per heavy atom. The molecule has 0 aromatic heterocycles. The molecule has 1 N–H and O–H groups in total. The zero-order chi connectivity index (χ0) is 22.0. The summed E-state index contributed by atoms with van der Waals surface area (Å²) in [5, 5.41) is 4.27. The van der Waals surface area contributed by atoms with Crippen molar-refractivity contribution in [2.24, 2.45) is 4.99 Å². The summed E-state index contributed by atoms with van der Waals surface area (Å²) in [5.41, 5.74) is 0.888. The molecule has 8 nitrogen and oxygen atoms in total. The standard InChI is InChI=1S/C20H26Cl2N6O2/c1-5-27(6-2)10-9-23-19-24-17-16(18(29)26(4)20(30)25(17)3)28(19)12-13-7-8-14(21)15(22)11-13/h7-8,11,16H,5-6,9-10,12H2,1-4H3/p+1. The summed E-state index contributed by atoms with van der Waals surface area (Å²) in [6.45, 7) is 8.05. The molecule has 0 saturated carbocycles. The number of amides is 3. The van der Waals surface area contributed by atoms with Gasteiger partial charge in [-0.3, -0.25) is 19.9 Å². The van der Waals surface area contributed by atoms with Crippen molar-refractivity contribution in [2.75, 3.05) is 40.3 Å². The molecule has 0 aliphatic carbocycles. The lowest BCUT2D eigenvalue weighted by Gasteiger charge is -2.31. The van der Waals surface area contributed by atoms with E-state index in [1.807, 2.05) is 10.6 Å². The average Bonchev–Trinajstić information content (AvgIpc) is 3.09. The van der Waals surface area contributed by atoms with E-state index in [-0.39, 0.29) is 5.91 Å². The number of fused-ring (bicyclic) bond motifs is 1. The minimum absolute atomic E-state index is 0.308. The maximum Gasteiger partial charge on any atom is 0.390 e. The summed E-state index contributed by atoms with van der Waals surface area (Å²) in [6, 6.07) is 4.30. The Morgan fingerprint density at radius 1 is 1.13 bits per heavy atom. The number of carbonyl (C=O) groups excluding carboxylic acids is 2. The summed E-state index contributed by atoms with van der Waals surface area (Å²) in [7, 11) is 3.12. The lowest BCUT2D eigenvalue weighted by atomic mass is 10.1. The topological polar surface area (TPSA) is 71.3 Å². The van der Waals surface area contributed by atoms with Gasteiger partial charge in [-0.2, -0.15) is 0 Å². The highest BCUT2D eigenvalue weighted by atomic mass is 35.5. The molecule has 1 saturated heterocycles. The Morgan fingerprint density at radius 3 is 2.47 bits per heavy atom. The van der Waals surface area contributed by atoms with Gasteiger partial charge in [0.25, 0.3) is 5.91 Å². The summed E-state index contributed by atoms with van der Waals surface area (Å²) >= 11 is 12.2. The van der Waals surface area contributed by atoms with Crippen molar-refractivity contribution in [3.8, 4) is 0 Å². The fraction of sp³-hybridized carbons (Fsp3) is 0.500. The number of nitrogens with one attached hydrogen (secondary N) is 1. The van der Waals surface area contributed by atoms with E-state index in [0.29, 0.717) is 34.9 Å². The number of aliphatic imine (C=N–C) groups is 1. The molecule has 1 atom stereocenters. The van der Waals surface area contributed by atoms with Gasteiger partial charge in [0.15, 0.2) is 0 Å². The van der Waals surface area contributed by atoms with Crippen LogP contribution in [-0.2, 0) is 11.3 Å². The van der Waals surface area contributed by atoms with Crippen LogP contribution in [0.2, 0.25) is 10.0 Å². The van der Waals surface area contributed by atoms with Gasteiger partial charge in [0.05, 0.1) is 23.1 Å². The van der Waals surface area contributed by atoms with Gasteiger partial charge in [-0.15, -0.1) is 0 Å². The number of urea groups is 1. The van der Waals surface area contributed by atoms with Crippen molar-refractivity contribution < 1.29 is 14.2 Å². The van der Waals surface area contributed by atoms with Crippen molar-refractivity contribution in [1.82, 2.24) is 20.0 Å². The van der Waals surface area contributed by atoms with Crippen molar-refractivity contribution >= 4 is 46.9 Å². The zero-order valence-electron chi connectivity index (χ0n) is 17.7. The molecule has 0 radical (unpaired) electrons. The van der Waals surface area contributed by atoms with Crippen molar-refractivity contribution in [3.63, 3.8) is 0 Å². The molecule has 162 valence electrons. The SMILES string of the molecule is CCN(CC)CCNC1=[N+](Cc2ccc(Cl)c(Cl)c2)C2C(=O)N(C)C(=O)N(C)C2=N1. The minimum atomic E-state index is -0.678. The molecule has 1 fully saturated rings. The van der Waals surface area contributed by atoms with Gasteiger partial charge in [-0.1, -0.05) is 48.1 Å². The summed E-state index contributed by atoms with van der Waals surface area (Å²) in [4.78, 5) is 34.8. The summed E-state index contributed by atoms with van der Waals surface area (Å²) in [6.07, 6.45) is 0. The van der Waals surface area contributed by atoms with Crippen LogP contribution in [0.25, 0.3) is 0 Å². The first kappa shape index (κ1) is 22.5. The van der Waals surface area contributed by atoms with E-state index in [1.54, 1.807) is 19.2 Å². The van der Waals surface area contributed by atoms with Crippen LogP contribution >= 0.6 is 23.2 Å². The zero-order valence-corrected chi connectivity index (χ0v) is 19.2. The van der Waals surface area contributed by atoms with E-state index >= 15 is 0 Å². The van der Waals surface area contributed by atoms with E-state index in [0.717, 1.165) is 30.1 Å². The van der Waals surface area contributed by atoms with E-state index in [4.69, 9.17) is 23.2 Å². The molecule has 2 heterocycles. The summed E-state index contributed by atoms with van der Waals surface area (Å²) in [5.74, 6) is 0.683. The van der Waals surface area contributed by atoms with E-state index in [2.05, 4.69) is 29.1 Å². The quantitative estimate of drug-likeness (QED) is 0.641.